The Labute approximate surface area is 146 Å². The van der Waals surface area contributed by atoms with Crippen molar-refractivity contribution in [2.75, 3.05) is 6.61 Å². The fraction of sp³-hybridized carbons (Fsp3) is 0.222. The topological polar surface area (TPSA) is 89.5 Å². The molecule has 1 unspecified atom stereocenters. The molecular weight excluding hydrogens is 342 g/mol. The third kappa shape index (κ3) is 4.74. The summed E-state index contributed by atoms with van der Waals surface area (Å²) in [6, 6.07) is 12.8. The molecule has 1 atom stereocenters. The summed E-state index contributed by atoms with van der Waals surface area (Å²) in [5.74, 6) is -0.844. The Bertz CT molecular complexity index is 845. The predicted octanol–water partition coefficient (Wildman–Crippen LogP) is 2.47. The number of rotatable bonds is 7. The Kier molecular flexibility index (Phi) is 6.06. The minimum atomic E-state index is -3.98. The molecule has 0 heterocycles. The maximum absolute atomic E-state index is 12.6. The molecule has 0 bridgehead atoms. The summed E-state index contributed by atoms with van der Waals surface area (Å²) in [6.45, 7) is 3.18. The second-order valence-corrected chi connectivity index (χ2v) is 7.01. The van der Waals surface area contributed by atoms with E-state index < -0.39 is 22.0 Å². The van der Waals surface area contributed by atoms with E-state index in [1.54, 1.807) is 37.3 Å². The summed E-state index contributed by atoms with van der Waals surface area (Å²) in [5.41, 5.74) is 0.883. The highest BCUT2D eigenvalue weighted by atomic mass is 32.2. The van der Waals surface area contributed by atoms with E-state index in [9.17, 15) is 18.0 Å². The van der Waals surface area contributed by atoms with Gasteiger partial charge in [0.2, 0.25) is 10.0 Å². The van der Waals surface area contributed by atoms with Crippen molar-refractivity contribution in [1.82, 2.24) is 4.72 Å². The Morgan fingerprint density at radius 3 is 2.16 bits per heavy atom. The Balaban J connectivity index is 2.33. The third-order valence-corrected chi connectivity index (χ3v) is 4.94. The van der Waals surface area contributed by atoms with Gasteiger partial charge in [-0.1, -0.05) is 42.5 Å². The van der Waals surface area contributed by atoms with Crippen LogP contribution < -0.4 is 4.72 Å². The van der Waals surface area contributed by atoms with Crippen molar-refractivity contribution in [1.29, 1.82) is 0 Å². The standard InChI is InChI=1S/C18H19NO5S/c1-3-24-18(21)17(15-7-5-4-6-8-15)19-25(22,23)16-11-9-14(10-12-16)13(2)20/h4-12,17,19H,3H2,1-2H3. The lowest BCUT2D eigenvalue weighted by molar-refractivity contribution is -0.145. The highest BCUT2D eigenvalue weighted by Crippen LogP contribution is 2.19. The van der Waals surface area contributed by atoms with Crippen LogP contribution in [0.3, 0.4) is 0 Å². The number of carbonyl (C=O) groups is 2. The number of nitrogens with one attached hydrogen (secondary N) is 1. The minimum absolute atomic E-state index is 0.0391. The molecule has 0 fully saturated rings. The molecule has 0 aromatic heterocycles. The molecule has 0 saturated carbocycles. The first-order chi connectivity index (χ1) is 11.8. The summed E-state index contributed by atoms with van der Waals surface area (Å²) < 4.78 is 32.6. The third-order valence-electron chi connectivity index (χ3n) is 3.50. The van der Waals surface area contributed by atoms with E-state index in [1.807, 2.05) is 0 Å². The molecule has 0 radical (unpaired) electrons. The fourth-order valence-corrected chi connectivity index (χ4v) is 3.39. The highest BCUT2D eigenvalue weighted by Gasteiger charge is 2.28. The van der Waals surface area contributed by atoms with Crippen LogP contribution in [0.25, 0.3) is 0 Å². The molecule has 1 N–H and O–H groups in total. The maximum atomic E-state index is 12.6. The molecule has 132 valence electrons. The van der Waals surface area contributed by atoms with Gasteiger partial charge < -0.3 is 4.74 Å². The van der Waals surface area contributed by atoms with Gasteiger partial charge in [0.15, 0.2) is 5.78 Å². The number of ether oxygens (including phenoxy) is 1. The van der Waals surface area contributed by atoms with Crippen LogP contribution in [0, 0.1) is 0 Å². The molecule has 6 nitrogen and oxygen atoms in total. The number of benzene rings is 2. The summed E-state index contributed by atoms with van der Waals surface area (Å²) in [5, 5.41) is 0. The Morgan fingerprint density at radius 1 is 1.04 bits per heavy atom. The zero-order chi connectivity index (χ0) is 18.4. The van der Waals surface area contributed by atoms with Crippen molar-refractivity contribution in [3.63, 3.8) is 0 Å². The van der Waals surface area contributed by atoms with Gasteiger partial charge in [0.25, 0.3) is 0 Å². The summed E-state index contributed by atoms with van der Waals surface area (Å²) in [7, 11) is -3.98. The van der Waals surface area contributed by atoms with Crippen molar-refractivity contribution < 1.29 is 22.7 Å². The number of hydrogen-bond donors (Lipinski definition) is 1. The second kappa shape index (κ2) is 8.04. The molecule has 7 heteroatoms. The van der Waals surface area contributed by atoms with Crippen LogP contribution in [0.2, 0.25) is 0 Å². The van der Waals surface area contributed by atoms with Crippen LogP contribution in [0.5, 0.6) is 0 Å². The van der Waals surface area contributed by atoms with E-state index in [1.165, 1.54) is 31.2 Å². The lowest BCUT2D eigenvalue weighted by Gasteiger charge is -2.18. The summed E-state index contributed by atoms with van der Waals surface area (Å²) in [4.78, 5) is 23.5. The van der Waals surface area contributed by atoms with Crippen LogP contribution in [-0.2, 0) is 19.6 Å². The van der Waals surface area contributed by atoms with E-state index in [2.05, 4.69) is 4.72 Å². The van der Waals surface area contributed by atoms with E-state index in [4.69, 9.17) is 4.74 Å². The SMILES string of the molecule is CCOC(=O)C(NS(=O)(=O)c1ccc(C(C)=O)cc1)c1ccccc1. The Morgan fingerprint density at radius 2 is 1.64 bits per heavy atom. The first-order valence-corrected chi connectivity index (χ1v) is 9.18. The van der Waals surface area contributed by atoms with Crippen LogP contribution in [-0.4, -0.2) is 26.8 Å². The first kappa shape index (κ1) is 18.8. The number of Topliss-reactive ketones (excluding diaryl/α,β-unsaturated/α-hetero) is 1. The quantitative estimate of drug-likeness (QED) is 0.604. The van der Waals surface area contributed by atoms with Crippen LogP contribution >= 0.6 is 0 Å². The van der Waals surface area contributed by atoms with Gasteiger partial charge in [-0.15, -0.1) is 0 Å². The molecule has 0 amide bonds. The van der Waals surface area contributed by atoms with Crippen molar-refractivity contribution >= 4 is 21.8 Å². The van der Waals surface area contributed by atoms with Crippen molar-refractivity contribution in [2.45, 2.75) is 24.8 Å². The van der Waals surface area contributed by atoms with Crippen molar-refractivity contribution in [3.8, 4) is 0 Å². The molecule has 0 spiro atoms. The van der Waals surface area contributed by atoms with Crippen LogP contribution in [0.4, 0.5) is 0 Å². The molecule has 2 rings (SSSR count). The monoisotopic (exact) mass is 361 g/mol. The van der Waals surface area contributed by atoms with Crippen molar-refractivity contribution in [2.24, 2.45) is 0 Å². The zero-order valence-corrected chi connectivity index (χ0v) is 14.7. The van der Waals surface area contributed by atoms with Gasteiger partial charge in [-0.2, -0.15) is 4.72 Å². The maximum Gasteiger partial charge on any atom is 0.328 e. The van der Waals surface area contributed by atoms with Gasteiger partial charge in [-0.25, -0.2) is 13.2 Å². The number of carbonyl (C=O) groups excluding carboxylic acids is 2. The molecule has 0 saturated heterocycles. The van der Waals surface area contributed by atoms with Gasteiger partial charge in [0.05, 0.1) is 11.5 Å². The number of ketones is 1. The number of sulfonamides is 1. The molecule has 0 aliphatic carbocycles. The molecule has 0 aliphatic rings. The van der Waals surface area contributed by atoms with Gasteiger partial charge in [-0.3, -0.25) is 4.79 Å². The van der Waals surface area contributed by atoms with E-state index >= 15 is 0 Å². The molecule has 25 heavy (non-hydrogen) atoms. The molecular formula is C18H19NO5S. The largest absolute Gasteiger partial charge is 0.465 e. The molecule has 0 aliphatic heterocycles. The van der Waals surface area contributed by atoms with Gasteiger partial charge in [0, 0.05) is 5.56 Å². The van der Waals surface area contributed by atoms with E-state index in [-0.39, 0.29) is 17.3 Å². The van der Waals surface area contributed by atoms with Crippen LogP contribution in [0.1, 0.15) is 35.8 Å². The van der Waals surface area contributed by atoms with Gasteiger partial charge in [0.1, 0.15) is 6.04 Å². The highest BCUT2D eigenvalue weighted by molar-refractivity contribution is 7.89. The lowest BCUT2D eigenvalue weighted by Crippen LogP contribution is -2.35. The lowest BCUT2D eigenvalue weighted by atomic mass is 10.1. The van der Waals surface area contributed by atoms with Gasteiger partial charge >= 0.3 is 5.97 Å². The summed E-state index contributed by atoms with van der Waals surface area (Å²) >= 11 is 0. The van der Waals surface area contributed by atoms with Crippen LogP contribution in [0.15, 0.2) is 59.5 Å². The van der Waals surface area contributed by atoms with E-state index in [0.29, 0.717) is 11.1 Å². The minimum Gasteiger partial charge on any atom is -0.465 e. The van der Waals surface area contributed by atoms with E-state index in [0.717, 1.165) is 0 Å². The average molecular weight is 361 g/mol. The van der Waals surface area contributed by atoms with Crippen molar-refractivity contribution in [3.05, 3.63) is 65.7 Å². The van der Waals surface area contributed by atoms with Gasteiger partial charge in [-0.05, 0) is 31.5 Å². The Hall–Kier alpha value is -2.51. The normalized spacial score (nSPS) is 12.4. The number of esters is 1. The zero-order valence-electron chi connectivity index (χ0n) is 13.9. The summed E-state index contributed by atoms with van der Waals surface area (Å²) in [6.07, 6.45) is 0. The number of hydrogen-bond acceptors (Lipinski definition) is 5. The first-order valence-electron chi connectivity index (χ1n) is 7.70. The molecule has 2 aromatic rings. The predicted molar refractivity (Wildman–Crippen MR) is 92.6 cm³/mol. The smallest absolute Gasteiger partial charge is 0.328 e. The average Bonchev–Trinajstić information content (AvgIpc) is 2.60. The fourth-order valence-electron chi connectivity index (χ4n) is 2.22. The molecule has 2 aromatic carbocycles. The second-order valence-electron chi connectivity index (χ2n) is 5.30.